The van der Waals surface area contributed by atoms with Crippen molar-refractivity contribution in [3.05, 3.63) is 36.9 Å². The summed E-state index contributed by atoms with van der Waals surface area (Å²) in [5, 5.41) is 6.87. The van der Waals surface area contributed by atoms with Crippen molar-refractivity contribution < 1.29 is 9.47 Å². The molecule has 0 saturated carbocycles. The van der Waals surface area contributed by atoms with Crippen LogP contribution in [0.15, 0.2) is 41.9 Å². The number of methoxy groups -OCH3 is 1. The Bertz CT molecular complexity index is 583. The highest BCUT2D eigenvalue weighted by atomic mass is 16.5. The number of hydrogen-bond donors (Lipinski definition) is 2. The molecule has 0 amide bonds. The number of aliphatic imine (C=N–C) groups is 1. The lowest BCUT2D eigenvalue weighted by Crippen LogP contribution is -2.50. The quantitative estimate of drug-likeness (QED) is 0.423. The summed E-state index contributed by atoms with van der Waals surface area (Å²) in [6.07, 6.45) is 4.21. The molecule has 1 aromatic rings. The third-order valence-corrected chi connectivity index (χ3v) is 4.47. The first-order valence-electron chi connectivity index (χ1n) is 9.25. The van der Waals surface area contributed by atoms with E-state index >= 15 is 0 Å². The summed E-state index contributed by atoms with van der Waals surface area (Å²) in [5.41, 5.74) is 0. The van der Waals surface area contributed by atoms with Crippen LogP contribution in [0.4, 0.5) is 0 Å². The van der Waals surface area contributed by atoms with E-state index < -0.39 is 0 Å². The van der Waals surface area contributed by atoms with Gasteiger partial charge in [0.1, 0.15) is 17.6 Å². The summed E-state index contributed by atoms with van der Waals surface area (Å²) in [4.78, 5) is 6.76. The van der Waals surface area contributed by atoms with Crippen molar-refractivity contribution in [1.82, 2.24) is 15.5 Å². The fourth-order valence-electron chi connectivity index (χ4n) is 3.02. The minimum atomic E-state index is 0.00935. The molecule has 1 heterocycles. The SMILES string of the molecule is C=CCN1CCC(NC(=NC)NCC(C)Oc2cccc(OC)c2)CC1. The minimum Gasteiger partial charge on any atom is -0.497 e. The van der Waals surface area contributed by atoms with Crippen molar-refractivity contribution in [3.63, 3.8) is 0 Å². The van der Waals surface area contributed by atoms with Gasteiger partial charge in [0.2, 0.25) is 0 Å². The molecule has 1 atom stereocenters. The van der Waals surface area contributed by atoms with E-state index in [1.54, 1.807) is 14.2 Å². The first-order valence-corrected chi connectivity index (χ1v) is 9.25. The highest BCUT2D eigenvalue weighted by Gasteiger charge is 2.19. The lowest BCUT2D eigenvalue weighted by atomic mass is 10.1. The van der Waals surface area contributed by atoms with Gasteiger partial charge >= 0.3 is 0 Å². The van der Waals surface area contributed by atoms with Crippen LogP contribution in [0.1, 0.15) is 19.8 Å². The normalized spacial score (nSPS) is 17.4. The molecule has 1 saturated heterocycles. The molecule has 0 aliphatic carbocycles. The molecule has 1 aromatic carbocycles. The van der Waals surface area contributed by atoms with Crippen LogP contribution in [0.5, 0.6) is 11.5 Å². The third kappa shape index (κ3) is 6.59. The molecule has 26 heavy (non-hydrogen) atoms. The Balaban J connectivity index is 1.73. The number of piperidine rings is 1. The largest absolute Gasteiger partial charge is 0.497 e. The van der Waals surface area contributed by atoms with Gasteiger partial charge in [-0.25, -0.2) is 0 Å². The highest BCUT2D eigenvalue weighted by Crippen LogP contribution is 2.19. The van der Waals surface area contributed by atoms with Gasteiger partial charge in [-0.3, -0.25) is 9.89 Å². The number of nitrogens with zero attached hydrogens (tertiary/aromatic N) is 2. The van der Waals surface area contributed by atoms with Crippen LogP contribution in [-0.4, -0.2) is 63.3 Å². The number of likely N-dealkylation sites (tertiary alicyclic amines) is 1. The van der Waals surface area contributed by atoms with Gasteiger partial charge in [0.25, 0.3) is 0 Å². The van der Waals surface area contributed by atoms with Gasteiger partial charge in [-0.2, -0.15) is 0 Å². The minimum absolute atomic E-state index is 0.00935. The van der Waals surface area contributed by atoms with Gasteiger partial charge in [-0.15, -0.1) is 6.58 Å². The molecule has 2 N–H and O–H groups in total. The summed E-state index contributed by atoms with van der Waals surface area (Å²) in [6, 6.07) is 8.11. The first kappa shape index (κ1) is 20.1. The average Bonchev–Trinajstić information content (AvgIpc) is 2.66. The molecule has 6 nitrogen and oxygen atoms in total. The lowest BCUT2D eigenvalue weighted by Gasteiger charge is -2.32. The predicted octanol–water partition coefficient (Wildman–Crippen LogP) is 2.28. The second kappa shape index (κ2) is 10.7. The Hall–Kier alpha value is -2.21. The van der Waals surface area contributed by atoms with Crippen LogP contribution in [-0.2, 0) is 0 Å². The van der Waals surface area contributed by atoms with Crippen molar-refractivity contribution in [2.24, 2.45) is 4.99 Å². The molecular formula is C20H32N4O2. The number of hydrogen-bond acceptors (Lipinski definition) is 4. The van der Waals surface area contributed by atoms with Crippen LogP contribution in [0.3, 0.4) is 0 Å². The van der Waals surface area contributed by atoms with E-state index in [1.165, 1.54) is 0 Å². The van der Waals surface area contributed by atoms with Crippen molar-refractivity contribution in [2.75, 3.05) is 40.3 Å². The summed E-state index contributed by atoms with van der Waals surface area (Å²) in [6.45, 7) is 9.68. The zero-order chi connectivity index (χ0) is 18.8. The van der Waals surface area contributed by atoms with E-state index in [4.69, 9.17) is 9.47 Å². The summed E-state index contributed by atoms with van der Waals surface area (Å²) in [7, 11) is 3.46. The summed E-state index contributed by atoms with van der Waals surface area (Å²) in [5.74, 6) is 2.42. The molecule has 1 aliphatic heterocycles. The molecule has 0 bridgehead atoms. The monoisotopic (exact) mass is 360 g/mol. The maximum atomic E-state index is 5.94. The van der Waals surface area contributed by atoms with E-state index in [0.717, 1.165) is 49.9 Å². The summed E-state index contributed by atoms with van der Waals surface area (Å²) >= 11 is 0. The number of benzene rings is 1. The van der Waals surface area contributed by atoms with Gasteiger partial charge in [0.05, 0.1) is 13.7 Å². The first-order chi connectivity index (χ1) is 12.6. The Morgan fingerprint density at radius 2 is 2.12 bits per heavy atom. The fourth-order valence-corrected chi connectivity index (χ4v) is 3.02. The molecule has 144 valence electrons. The van der Waals surface area contributed by atoms with Crippen molar-refractivity contribution >= 4 is 5.96 Å². The molecule has 0 spiro atoms. The topological polar surface area (TPSA) is 58.1 Å². The standard InChI is InChI=1S/C20H32N4O2/c1-5-11-24-12-9-17(10-13-24)23-20(21-3)22-15-16(2)26-19-8-6-7-18(14-19)25-4/h5-8,14,16-17H,1,9-13,15H2,2-4H3,(H2,21,22,23). The molecular weight excluding hydrogens is 328 g/mol. The van der Waals surface area contributed by atoms with E-state index in [0.29, 0.717) is 12.6 Å². The van der Waals surface area contributed by atoms with Gasteiger partial charge in [-0.1, -0.05) is 12.1 Å². The third-order valence-electron chi connectivity index (χ3n) is 4.47. The zero-order valence-electron chi connectivity index (χ0n) is 16.2. The average molecular weight is 361 g/mol. The molecule has 0 aromatic heterocycles. The highest BCUT2D eigenvalue weighted by molar-refractivity contribution is 5.80. The maximum Gasteiger partial charge on any atom is 0.191 e. The predicted molar refractivity (Wildman–Crippen MR) is 107 cm³/mol. The summed E-state index contributed by atoms with van der Waals surface area (Å²) < 4.78 is 11.2. The molecule has 0 radical (unpaired) electrons. The molecule has 1 aliphatic rings. The number of ether oxygens (including phenoxy) is 2. The Morgan fingerprint density at radius 3 is 2.77 bits per heavy atom. The Kier molecular flexibility index (Phi) is 8.28. The van der Waals surface area contributed by atoms with Gasteiger partial charge in [0.15, 0.2) is 5.96 Å². The van der Waals surface area contributed by atoms with E-state index in [-0.39, 0.29) is 6.10 Å². The van der Waals surface area contributed by atoms with E-state index in [9.17, 15) is 0 Å². The fraction of sp³-hybridized carbons (Fsp3) is 0.550. The van der Waals surface area contributed by atoms with Crippen molar-refractivity contribution in [2.45, 2.75) is 31.9 Å². The Labute approximate surface area is 157 Å². The van der Waals surface area contributed by atoms with Crippen LogP contribution >= 0.6 is 0 Å². The maximum absolute atomic E-state index is 5.94. The lowest BCUT2D eigenvalue weighted by molar-refractivity contribution is 0.218. The van der Waals surface area contributed by atoms with Crippen LogP contribution in [0.25, 0.3) is 0 Å². The van der Waals surface area contributed by atoms with Crippen molar-refractivity contribution in [3.8, 4) is 11.5 Å². The van der Waals surface area contributed by atoms with Crippen LogP contribution < -0.4 is 20.1 Å². The Morgan fingerprint density at radius 1 is 1.38 bits per heavy atom. The van der Waals surface area contributed by atoms with Gasteiger partial charge in [0, 0.05) is 38.8 Å². The molecule has 2 rings (SSSR count). The smallest absolute Gasteiger partial charge is 0.191 e. The number of rotatable bonds is 8. The molecule has 6 heteroatoms. The van der Waals surface area contributed by atoms with E-state index in [2.05, 4.69) is 27.1 Å². The number of guanidine groups is 1. The van der Waals surface area contributed by atoms with E-state index in [1.807, 2.05) is 37.3 Å². The number of nitrogens with one attached hydrogen (secondary N) is 2. The van der Waals surface area contributed by atoms with Crippen molar-refractivity contribution in [1.29, 1.82) is 0 Å². The van der Waals surface area contributed by atoms with Crippen LogP contribution in [0, 0.1) is 0 Å². The zero-order valence-corrected chi connectivity index (χ0v) is 16.2. The van der Waals surface area contributed by atoms with Crippen LogP contribution in [0.2, 0.25) is 0 Å². The second-order valence-corrected chi connectivity index (χ2v) is 6.57. The molecule has 1 unspecified atom stereocenters. The molecule has 1 fully saturated rings. The second-order valence-electron chi connectivity index (χ2n) is 6.57. The van der Waals surface area contributed by atoms with Gasteiger partial charge in [-0.05, 0) is 31.9 Å². The van der Waals surface area contributed by atoms with Gasteiger partial charge < -0.3 is 20.1 Å².